The lowest BCUT2D eigenvalue weighted by Gasteiger charge is -2.30. The number of methoxy groups -OCH3 is 1. The second kappa shape index (κ2) is 7.08. The molecule has 29 heavy (non-hydrogen) atoms. The van der Waals surface area contributed by atoms with E-state index in [2.05, 4.69) is 57.8 Å². The van der Waals surface area contributed by atoms with Crippen molar-refractivity contribution in [1.82, 2.24) is 15.0 Å². The summed E-state index contributed by atoms with van der Waals surface area (Å²) >= 11 is 0. The molecule has 1 heterocycles. The highest BCUT2D eigenvalue weighted by molar-refractivity contribution is 5.75. The van der Waals surface area contributed by atoms with Gasteiger partial charge in [-0.25, -0.2) is 8.78 Å². The number of aromatic nitrogens is 3. The van der Waals surface area contributed by atoms with Crippen LogP contribution in [0.2, 0.25) is 0 Å². The highest BCUT2D eigenvalue weighted by Gasteiger charge is 2.30. The van der Waals surface area contributed by atoms with E-state index < -0.39 is 6.43 Å². The Morgan fingerprint density at radius 2 is 1.48 bits per heavy atom. The van der Waals surface area contributed by atoms with Crippen LogP contribution in [0.25, 0.3) is 16.7 Å². The van der Waals surface area contributed by atoms with Gasteiger partial charge in [-0.05, 0) is 41.0 Å². The van der Waals surface area contributed by atoms with Crippen molar-refractivity contribution >= 4 is 11.0 Å². The number of hydrogen-bond acceptors (Lipinski definition) is 3. The summed E-state index contributed by atoms with van der Waals surface area (Å²) in [4.78, 5) is 1.53. The number of alkyl halides is 2. The zero-order valence-corrected chi connectivity index (χ0v) is 18.4. The molecule has 0 saturated carbocycles. The van der Waals surface area contributed by atoms with E-state index >= 15 is 0 Å². The molecular formula is C23H29F2N3O. The van der Waals surface area contributed by atoms with Gasteiger partial charge in [-0.15, -0.1) is 15.0 Å². The van der Waals surface area contributed by atoms with Crippen LogP contribution in [0.15, 0.2) is 24.3 Å². The van der Waals surface area contributed by atoms with Gasteiger partial charge in [0.2, 0.25) is 0 Å². The van der Waals surface area contributed by atoms with Gasteiger partial charge in [-0.2, -0.15) is 0 Å². The number of benzene rings is 2. The van der Waals surface area contributed by atoms with Crippen LogP contribution in [0.4, 0.5) is 8.78 Å². The zero-order chi connectivity index (χ0) is 21.7. The number of nitrogens with zero attached hydrogens (tertiary/aromatic N) is 3. The van der Waals surface area contributed by atoms with E-state index in [0.717, 1.165) is 16.8 Å². The maximum atomic E-state index is 13.1. The zero-order valence-electron chi connectivity index (χ0n) is 18.4. The SMILES string of the molecule is COc1c(C(C)(C)C)cc(C(C)(C)C)c(C)c1-n1nc2ccc(C(F)F)cc2n1. The quantitative estimate of drug-likeness (QED) is 0.519. The molecule has 0 aliphatic heterocycles. The maximum Gasteiger partial charge on any atom is 0.263 e. The Balaban J connectivity index is 2.37. The molecule has 4 nitrogen and oxygen atoms in total. The molecule has 0 amide bonds. The Bertz CT molecular complexity index is 1060. The summed E-state index contributed by atoms with van der Waals surface area (Å²) in [6.07, 6.45) is -2.54. The van der Waals surface area contributed by atoms with Crippen LogP contribution in [-0.4, -0.2) is 22.1 Å². The van der Waals surface area contributed by atoms with E-state index in [1.54, 1.807) is 13.2 Å². The summed E-state index contributed by atoms with van der Waals surface area (Å²) in [5.74, 6) is 0.706. The first-order chi connectivity index (χ1) is 13.3. The summed E-state index contributed by atoms with van der Waals surface area (Å²) in [5.41, 5.74) is 4.66. The van der Waals surface area contributed by atoms with Gasteiger partial charge < -0.3 is 4.74 Å². The third kappa shape index (κ3) is 3.85. The van der Waals surface area contributed by atoms with Crippen LogP contribution in [0.5, 0.6) is 5.75 Å². The van der Waals surface area contributed by atoms with E-state index in [9.17, 15) is 8.78 Å². The van der Waals surface area contributed by atoms with Crippen LogP contribution in [-0.2, 0) is 10.8 Å². The third-order valence-electron chi connectivity index (χ3n) is 5.18. The predicted molar refractivity (Wildman–Crippen MR) is 113 cm³/mol. The molecular weight excluding hydrogens is 372 g/mol. The van der Waals surface area contributed by atoms with Crippen LogP contribution in [0.1, 0.15) is 70.2 Å². The molecule has 0 aliphatic carbocycles. The first-order valence-corrected chi connectivity index (χ1v) is 9.72. The number of halogens is 2. The smallest absolute Gasteiger partial charge is 0.263 e. The maximum absolute atomic E-state index is 13.1. The number of ether oxygens (including phenoxy) is 1. The number of fused-ring (bicyclic) bond motifs is 1. The van der Waals surface area contributed by atoms with Crippen molar-refractivity contribution in [2.24, 2.45) is 0 Å². The minimum absolute atomic E-state index is 0.0629. The Kier molecular flexibility index (Phi) is 5.18. The molecule has 2 aromatic carbocycles. The fourth-order valence-electron chi connectivity index (χ4n) is 3.69. The first kappa shape index (κ1) is 21.2. The number of rotatable bonds is 3. The van der Waals surface area contributed by atoms with E-state index in [-0.39, 0.29) is 16.4 Å². The van der Waals surface area contributed by atoms with E-state index in [4.69, 9.17) is 4.74 Å². The summed E-state index contributed by atoms with van der Waals surface area (Å²) < 4.78 is 32.0. The molecule has 0 saturated heterocycles. The monoisotopic (exact) mass is 401 g/mol. The topological polar surface area (TPSA) is 39.9 Å². The predicted octanol–water partition coefficient (Wildman–Crippen LogP) is 6.27. The van der Waals surface area contributed by atoms with Crippen molar-refractivity contribution < 1.29 is 13.5 Å². The normalized spacial score (nSPS) is 12.8. The van der Waals surface area contributed by atoms with Gasteiger partial charge >= 0.3 is 0 Å². The minimum atomic E-state index is -2.54. The molecule has 156 valence electrons. The fraction of sp³-hybridized carbons (Fsp3) is 0.478. The van der Waals surface area contributed by atoms with E-state index in [0.29, 0.717) is 16.8 Å². The molecule has 0 atom stereocenters. The molecule has 0 bridgehead atoms. The Morgan fingerprint density at radius 3 is 2.00 bits per heavy atom. The second-order valence-electron chi connectivity index (χ2n) is 9.52. The highest BCUT2D eigenvalue weighted by atomic mass is 19.3. The molecule has 0 N–H and O–H groups in total. The lowest BCUT2D eigenvalue weighted by molar-refractivity contribution is 0.151. The standard InChI is InChI=1S/C23H29F2N3O/c1-13-15(22(2,3)4)12-16(23(5,6)7)20(29-8)19(13)28-26-17-10-9-14(21(24)25)11-18(17)27-28/h9-12,21H,1-8H3. The lowest BCUT2D eigenvalue weighted by Crippen LogP contribution is -2.21. The molecule has 0 fully saturated rings. The van der Waals surface area contributed by atoms with Gasteiger partial charge in [0.25, 0.3) is 6.43 Å². The minimum Gasteiger partial charge on any atom is -0.494 e. The largest absolute Gasteiger partial charge is 0.494 e. The van der Waals surface area contributed by atoms with Gasteiger partial charge in [0, 0.05) is 11.1 Å². The van der Waals surface area contributed by atoms with E-state index in [1.807, 2.05) is 6.92 Å². The fourth-order valence-corrected chi connectivity index (χ4v) is 3.69. The Labute approximate surface area is 170 Å². The molecule has 0 unspecified atom stereocenters. The molecule has 6 heteroatoms. The first-order valence-electron chi connectivity index (χ1n) is 9.72. The van der Waals surface area contributed by atoms with Crippen LogP contribution < -0.4 is 4.74 Å². The summed E-state index contributed by atoms with van der Waals surface area (Å²) in [5, 5.41) is 9.11. The molecule has 1 aromatic heterocycles. The molecule has 0 aliphatic rings. The number of hydrogen-bond donors (Lipinski definition) is 0. The van der Waals surface area contributed by atoms with E-state index in [1.165, 1.54) is 22.5 Å². The van der Waals surface area contributed by atoms with Crippen LogP contribution in [0, 0.1) is 6.92 Å². The Hall–Kier alpha value is -2.50. The lowest BCUT2D eigenvalue weighted by atomic mass is 9.77. The van der Waals surface area contributed by atoms with Crippen molar-refractivity contribution in [2.45, 2.75) is 65.7 Å². The van der Waals surface area contributed by atoms with Gasteiger partial charge in [0.15, 0.2) is 0 Å². The highest BCUT2D eigenvalue weighted by Crippen LogP contribution is 2.42. The van der Waals surface area contributed by atoms with Crippen molar-refractivity contribution in [2.75, 3.05) is 7.11 Å². The van der Waals surface area contributed by atoms with Gasteiger partial charge in [0.05, 0.1) is 7.11 Å². The summed E-state index contributed by atoms with van der Waals surface area (Å²) in [6.45, 7) is 14.9. The van der Waals surface area contributed by atoms with Gasteiger partial charge in [-0.1, -0.05) is 53.7 Å². The third-order valence-corrected chi connectivity index (χ3v) is 5.18. The average molecular weight is 402 g/mol. The summed E-state index contributed by atoms with van der Waals surface area (Å²) in [6, 6.07) is 6.57. The van der Waals surface area contributed by atoms with Gasteiger partial charge in [-0.3, -0.25) is 0 Å². The Morgan fingerprint density at radius 1 is 0.897 bits per heavy atom. The van der Waals surface area contributed by atoms with Crippen molar-refractivity contribution in [1.29, 1.82) is 0 Å². The summed E-state index contributed by atoms with van der Waals surface area (Å²) in [7, 11) is 1.64. The van der Waals surface area contributed by atoms with Crippen molar-refractivity contribution in [3.8, 4) is 11.4 Å². The van der Waals surface area contributed by atoms with Crippen molar-refractivity contribution in [3.05, 3.63) is 46.5 Å². The van der Waals surface area contributed by atoms with Crippen LogP contribution in [0.3, 0.4) is 0 Å². The van der Waals surface area contributed by atoms with Crippen molar-refractivity contribution in [3.63, 3.8) is 0 Å². The molecule has 0 radical (unpaired) electrons. The van der Waals surface area contributed by atoms with Gasteiger partial charge in [0.1, 0.15) is 22.5 Å². The molecule has 3 rings (SSSR count). The van der Waals surface area contributed by atoms with Crippen LogP contribution >= 0.6 is 0 Å². The second-order valence-corrected chi connectivity index (χ2v) is 9.52. The average Bonchev–Trinajstić information content (AvgIpc) is 3.01. The molecule has 3 aromatic rings. The molecule has 0 spiro atoms.